The zero-order chi connectivity index (χ0) is 19.1. The topological polar surface area (TPSA) is 94.5 Å². The smallest absolute Gasteiger partial charge is 0.383 e. The molecule has 3 rings (SSSR count). The number of aryl methyl sites for hydroxylation is 2. The summed E-state index contributed by atoms with van der Waals surface area (Å²) in [7, 11) is 0. The third-order valence-electron chi connectivity index (χ3n) is 3.78. The van der Waals surface area contributed by atoms with E-state index in [0.29, 0.717) is 5.69 Å². The van der Waals surface area contributed by atoms with E-state index in [1.807, 2.05) is 19.9 Å². The van der Waals surface area contributed by atoms with E-state index in [1.165, 1.54) is 13.1 Å². The van der Waals surface area contributed by atoms with Gasteiger partial charge in [-0.2, -0.15) is 23.3 Å². The molecule has 0 aliphatic carbocycles. The molecule has 0 saturated heterocycles. The van der Waals surface area contributed by atoms with Crippen molar-refractivity contribution in [2.75, 3.05) is 11.1 Å². The van der Waals surface area contributed by atoms with E-state index in [4.69, 9.17) is 5.73 Å². The first-order valence-electron chi connectivity index (χ1n) is 7.63. The number of anilines is 3. The van der Waals surface area contributed by atoms with Gasteiger partial charge in [-0.15, -0.1) is 0 Å². The average Bonchev–Trinajstić information content (AvgIpc) is 2.86. The summed E-state index contributed by atoms with van der Waals surface area (Å²) >= 11 is 0. The van der Waals surface area contributed by atoms with Crippen LogP contribution in [-0.2, 0) is 6.18 Å². The van der Waals surface area contributed by atoms with Gasteiger partial charge in [0, 0.05) is 11.9 Å². The fourth-order valence-electron chi connectivity index (χ4n) is 2.58. The zero-order valence-electron chi connectivity index (χ0n) is 14.3. The van der Waals surface area contributed by atoms with Gasteiger partial charge in [0.2, 0.25) is 5.95 Å². The van der Waals surface area contributed by atoms with Gasteiger partial charge in [0.25, 0.3) is 0 Å². The second kappa shape index (κ2) is 6.28. The van der Waals surface area contributed by atoms with Gasteiger partial charge in [0.1, 0.15) is 11.4 Å². The minimum atomic E-state index is -4.60. The molecule has 0 fully saturated rings. The molecule has 0 saturated carbocycles. The Morgan fingerprint density at radius 3 is 2.50 bits per heavy atom. The van der Waals surface area contributed by atoms with Crippen molar-refractivity contribution in [3.05, 3.63) is 47.2 Å². The standard InChI is InChI=1S/C16H16F3N7/c1-8-6-11(4-5-21-8)26-10(3)12(7-22-26)24-15-23-9(2)13(14(20)25-15)16(17,18)19/h4-7H,1-3H3,(H3,20,23,24,25). The van der Waals surface area contributed by atoms with Crippen LogP contribution in [0.4, 0.5) is 30.6 Å². The molecule has 3 N–H and O–H groups in total. The third-order valence-corrected chi connectivity index (χ3v) is 3.78. The summed E-state index contributed by atoms with van der Waals surface area (Å²) in [5.74, 6) is -0.649. The van der Waals surface area contributed by atoms with Crippen molar-refractivity contribution in [2.45, 2.75) is 26.9 Å². The van der Waals surface area contributed by atoms with Crippen LogP contribution in [0.3, 0.4) is 0 Å². The van der Waals surface area contributed by atoms with Gasteiger partial charge >= 0.3 is 6.18 Å². The minimum Gasteiger partial charge on any atom is -0.383 e. The summed E-state index contributed by atoms with van der Waals surface area (Å²) in [6.45, 7) is 4.91. The largest absolute Gasteiger partial charge is 0.421 e. The lowest BCUT2D eigenvalue weighted by Crippen LogP contribution is -2.15. The predicted octanol–water partition coefficient (Wildman–Crippen LogP) is 3.33. The maximum Gasteiger partial charge on any atom is 0.421 e. The second-order valence-electron chi connectivity index (χ2n) is 5.73. The van der Waals surface area contributed by atoms with Crippen LogP contribution in [0.25, 0.3) is 5.69 Å². The Morgan fingerprint density at radius 2 is 1.88 bits per heavy atom. The number of hydrogen-bond donors (Lipinski definition) is 2. The molecule has 0 aliphatic rings. The molecule has 0 aromatic carbocycles. The molecule has 0 spiro atoms. The monoisotopic (exact) mass is 363 g/mol. The molecular formula is C16H16F3N7. The van der Waals surface area contributed by atoms with Crippen LogP contribution in [0.2, 0.25) is 0 Å². The van der Waals surface area contributed by atoms with Gasteiger partial charge in [0.05, 0.1) is 29.0 Å². The second-order valence-corrected chi connectivity index (χ2v) is 5.73. The van der Waals surface area contributed by atoms with Crippen molar-refractivity contribution < 1.29 is 13.2 Å². The van der Waals surface area contributed by atoms with Crippen molar-refractivity contribution >= 4 is 17.5 Å². The number of nitrogens with one attached hydrogen (secondary N) is 1. The summed E-state index contributed by atoms with van der Waals surface area (Å²) in [6, 6.07) is 3.66. The van der Waals surface area contributed by atoms with E-state index >= 15 is 0 Å². The fraction of sp³-hybridized carbons (Fsp3) is 0.250. The maximum atomic E-state index is 13.0. The molecule has 0 aliphatic heterocycles. The molecule has 7 nitrogen and oxygen atoms in total. The number of rotatable bonds is 3. The molecule has 136 valence electrons. The van der Waals surface area contributed by atoms with E-state index in [9.17, 15) is 13.2 Å². The van der Waals surface area contributed by atoms with Crippen LogP contribution >= 0.6 is 0 Å². The quantitative estimate of drug-likeness (QED) is 0.741. The highest BCUT2D eigenvalue weighted by Crippen LogP contribution is 2.35. The normalized spacial score (nSPS) is 11.6. The van der Waals surface area contributed by atoms with Crippen molar-refractivity contribution in [3.8, 4) is 5.69 Å². The Bertz CT molecular complexity index is 940. The van der Waals surface area contributed by atoms with E-state index in [-0.39, 0.29) is 11.6 Å². The van der Waals surface area contributed by atoms with Gasteiger partial charge in [-0.05, 0) is 32.9 Å². The fourth-order valence-corrected chi connectivity index (χ4v) is 2.58. The molecular weight excluding hydrogens is 347 g/mol. The van der Waals surface area contributed by atoms with Crippen molar-refractivity contribution in [3.63, 3.8) is 0 Å². The molecule has 3 heterocycles. The molecule has 3 aromatic rings. The van der Waals surface area contributed by atoms with Crippen LogP contribution in [0, 0.1) is 20.8 Å². The van der Waals surface area contributed by atoms with Crippen LogP contribution in [0.5, 0.6) is 0 Å². The SMILES string of the molecule is Cc1cc(-n2ncc(Nc3nc(C)c(C(F)(F)F)c(N)n3)c2C)ccn1. The molecule has 0 radical (unpaired) electrons. The number of aromatic nitrogens is 5. The van der Waals surface area contributed by atoms with Gasteiger partial charge in [-0.3, -0.25) is 4.98 Å². The number of nitrogens with zero attached hydrogens (tertiary/aromatic N) is 5. The lowest BCUT2D eigenvalue weighted by atomic mass is 10.2. The Balaban J connectivity index is 1.94. The summed E-state index contributed by atoms with van der Waals surface area (Å²) < 4.78 is 40.5. The van der Waals surface area contributed by atoms with E-state index in [2.05, 4.69) is 25.4 Å². The summed E-state index contributed by atoms with van der Waals surface area (Å²) in [5.41, 5.74) is 7.13. The van der Waals surface area contributed by atoms with E-state index in [0.717, 1.165) is 17.1 Å². The van der Waals surface area contributed by atoms with Crippen LogP contribution < -0.4 is 11.1 Å². The number of alkyl halides is 3. The van der Waals surface area contributed by atoms with Crippen LogP contribution in [0.15, 0.2) is 24.5 Å². The first-order chi connectivity index (χ1) is 12.2. The number of nitrogen functional groups attached to an aromatic ring is 1. The number of hydrogen-bond acceptors (Lipinski definition) is 6. The summed E-state index contributed by atoms with van der Waals surface area (Å²) in [4.78, 5) is 11.7. The van der Waals surface area contributed by atoms with E-state index in [1.54, 1.807) is 16.9 Å². The first-order valence-corrected chi connectivity index (χ1v) is 7.63. The summed E-state index contributed by atoms with van der Waals surface area (Å²) in [5, 5.41) is 7.15. The minimum absolute atomic E-state index is 0.0263. The highest BCUT2D eigenvalue weighted by molar-refractivity contribution is 5.59. The Hall–Kier alpha value is -3.17. The highest BCUT2D eigenvalue weighted by Gasteiger charge is 2.36. The van der Waals surface area contributed by atoms with Gasteiger partial charge in [-0.25, -0.2) is 9.67 Å². The van der Waals surface area contributed by atoms with Crippen LogP contribution in [-0.4, -0.2) is 24.7 Å². The lowest BCUT2D eigenvalue weighted by Gasteiger charge is -2.13. The predicted molar refractivity (Wildman–Crippen MR) is 90.3 cm³/mol. The van der Waals surface area contributed by atoms with Crippen molar-refractivity contribution in [1.82, 2.24) is 24.7 Å². The Labute approximate surface area is 147 Å². The molecule has 26 heavy (non-hydrogen) atoms. The number of nitrogens with two attached hydrogens (primary N) is 1. The molecule has 0 unspecified atom stereocenters. The molecule has 0 amide bonds. The Kier molecular flexibility index (Phi) is 4.26. The highest BCUT2D eigenvalue weighted by atomic mass is 19.4. The molecule has 10 heteroatoms. The van der Waals surface area contributed by atoms with Gasteiger partial charge in [-0.1, -0.05) is 0 Å². The van der Waals surface area contributed by atoms with Gasteiger partial charge < -0.3 is 11.1 Å². The molecule has 0 atom stereocenters. The summed E-state index contributed by atoms with van der Waals surface area (Å²) in [6.07, 6.45) is -1.40. The third kappa shape index (κ3) is 3.30. The molecule has 0 bridgehead atoms. The zero-order valence-corrected chi connectivity index (χ0v) is 14.3. The number of pyridine rings is 1. The van der Waals surface area contributed by atoms with Crippen molar-refractivity contribution in [2.24, 2.45) is 0 Å². The van der Waals surface area contributed by atoms with E-state index < -0.39 is 17.6 Å². The molecule has 3 aromatic heterocycles. The van der Waals surface area contributed by atoms with Gasteiger partial charge in [0.15, 0.2) is 0 Å². The lowest BCUT2D eigenvalue weighted by molar-refractivity contribution is -0.137. The first kappa shape index (κ1) is 17.6. The maximum absolute atomic E-state index is 13.0. The average molecular weight is 363 g/mol. The Morgan fingerprint density at radius 1 is 1.15 bits per heavy atom. The van der Waals surface area contributed by atoms with Crippen molar-refractivity contribution in [1.29, 1.82) is 0 Å². The van der Waals surface area contributed by atoms with Crippen LogP contribution in [0.1, 0.15) is 22.6 Å². The number of halogens is 3.